The number of hydrogen-bond acceptors (Lipinski definition) is 4. The van der Waals surface area contributed by atoms with Crippen LogP contribution in [-0.4, -0.2) is 30.7 Å². The minimum absolute atomic E-state index is 0.678. The highest BCUT2D eigenvalue weighted by Crippen LogP contribution is 2.48. The first-order valence-corrected chi connectivity index (χ1v) is 13.5. The number of nitrogens with zero attached hydrogens (tertiary/aromatic N) is 1. The Hall–Kier alpha value is -3.51. The number of sulfone groups is 1. The lowest BCUT2D eigenvalue weighted by atomic mass is 9.91. The third-order valence-electron chi connectivity index (χ3n) is 7.43. The molecule has 1 aliphatic rings. The van der Waals surface area contributed by atoms with Crippen LogP contribution >= 0.6 is 0 Å². The third-order valence-corrected chi connectivity index (χ3v) is 9.52. The molecule has 1 aliphatic carbocycles. The van der Waals surface area contributed by atoms with E-state index < -0.39 is 26.0 Å². The van der Waals surface area contributed by atoms with Crippen LogP contribution in [0.5, 0.6) is 0 Å². The van der Waals surface area contributed by atoms with Crippen molar-refractivity contribution >= 4 is 26.7 Å². The fourth-order valence-corrected chi connectivity index (χ4v) is 5.12. The molecule has 4 aromatic rings. The van der Waals surface area contributed by atoms with E-state index in [2.05, 4.69) is 11.1 Å². The van der Waals surface area contributed by atoms with Gasteiger partial charge in [0.05, 0.1) is 15.7 Å². The van der Waals surface area contributed by atoms with Crippen molar-refractivity contribution in [3.63, 3.8) is 0 Å². The number of hydrogen-bond donors (Lipinski definition) is 1. The van der Waals surface area contributed by atoms with Gasteiger partial charge in [0, 0.05) is 23.4 Å². The molecule has 35 heavy (non-hydrogen) atoms. The second-order valence-corrected chi connectivity index (χ2v) is 12.5. The van der Waals surface area contributed by atoms with Crippen LogP contribution in [0.25, 0.3) is 33.2 Å². The van der Waals surface area contributed by atoms with Crippen LogP contribution in [0.2, 0.25) is 0 Å². The van der Waals surface area contributed by atoms with E-state index in [4.69, 9.17) is 0 Å². The Balaban J connectivity index is 1.61. The molecule has 0 amide bonds. The van der Waals surface area contributed by atoms with E-state index in [0.29, 0.717) is 18.4 Å². The van der Waals surface area contributed by atoms with Crippen molar-refractivity contribution in [3.05, 3.63) is 90.1 Å². The van der Waals surface area contributed by atoms with Crippen molar-refractivity contribution in [2.75, 3.05) is 6.26 Å². The molecule has 178 valence electrons. The van der Waals surface area contributed by atoms with Gasteiger partial charge in [-0.05, 0) is 78.8 Å². The molecule has 0 spiro atoms. The van der Waals surface area contributed by atoms with E-state index in [9.17, 15) is 18.3 Å². The van der Waals surface area contributed by atoms with E-state index in [1.807, 2.05) is 66.7 Å². The number of benzene rings is 3. The second-order valence-electron chi connectivity index (χ2n) is 9.93. The maximum Gasteiger partial charge on any atom is 0.314 e. The van der Waals surface area contributed by atoms with E-state index in [-0.39, 0.29) is 0 Å². The number of carbonyl (C=O) groups is 1. The SMILES string of the molecule is CC(C)(c1cc(-c2cccc(-c3ccc(C4(C(=O)O)CC4)cc3)c2)c2ncccc2c1)S(C)(=O)=O. The summed E-state index contributed by atoms with van der Waals surface area (Å²) in [6, 6.07) is 23.5. The highest BCUT2D eigenvalue weighted by Gasteiger charge is 2.51. The van der Waals surface area contributed by atoms with Gasteiger partial charge in [0.15, 0.2) is 9.84 Å². The molecule has 0 radical (unpaired) electrons. The van der Waals surface area contributed by atoms with Crippen molar-refractivity contribution in [3.8, 4) is 22.3 Å². The standard InChI is InChI=1S/C29H27NO4S/c1-28(2,35(3,33)34)24-17-22-8-5-15-30-26(22)25(18-24)21-7-4-6-20(16-21)19-9-11-23(12-10-19)29(13-14-29)27(31)32/h4-12,15-18H,13-14H2,1-3H3,(H,31,32). The summed E-state index contributed by atoms with van der Waals surface area (Å²) in [6.45, 7) is 3.46. The first-order valence-electron chi connectivity index (χ1n) is 11.6. The summed E-state index contributed by atoms with van der Waals surface area (Å²) in [6.07, 6.45) is 4.36. The van der Waals surface area contributed by atoms with Gasteiger partial charge in [-0.2, -0.15) is 0 Å². The van der Waals surface area contributed by atoms with Crippen LogP contribution in [0, 0.1) is 0 Å². The molecule has 1 saturated carbocycles. The average Bonchev–Trinajstić information content (AvgIpc) is 3.65. The van der Waals surface area contributed by atoms with Gasteiger partial charge >= 0.3 is 5.97 Å². The molecule has 1 heterocycles. The van der Waals surface area contributed by atoms with E-state index in [1.54, 1.807) is 20.0 Å². The summed E-state index contributed by atoms with van der Waals surface area (Å²) in [4.78, 5) is 16.3. The largest absolute Gasteiger partial charge is 0.481 e. The Morgan fingerprint density at radius 2 is 1.60 bits per heavy atom. The zero-order valence-electron chi connectivity index (χ0n) is 19.9. The summed E-state index contributed by atoms with van der Waals surface area (Å²) < 4.78 is 24.1. The van der Waals surface area contributed by atoms with Gasteiger partial charge in [0.25, 0.3) is 0 Å². The minimum atomic E-state index is -3.35. The monoisotopic (exact) mass is 485 g/mol. The lowest BCUT2D eigenvalue weighted by molar-refractivity contribution is -0.140. The molecule has 0 aliphatic heterocycles. The average molecular weight is 486 g/mol. The molecular formula is C29H27NO4S. The predicted octanol–water partition coefficient (Wildman–Crippen LogP) is 5.96. The molecule has 0 unspecified atom stereocenters. The Labute approximate surface area is 205 Å². The van der Waals surface area contributed by atoms with Gasteiger partial charge in [-0.1, -0.05) is 48.5 Å². The van der Waals surface area contributed by atoms with Gasteiger partial charge in [0.2, 0.25) is 0 Å². The highest BCUT2D eigenvalue weighted by atomic mass is 32.2. The van der Waals surface area contributed by atoms with Crippen molar-refractivity contribution in [1.29, 1.82) is 0 Å². The van der Waals surface area contributed by atoms with Crippen LogP contribution in [0.3, 0.4) is 0 Å². The fraction of sp³-hybridized carbons (Fsp3) is 0.241. The first-order chi connectivity index (χ1) is 16.5. The normalized spacial score (nSPS) is 15.2. The molecule has 0 bridgehead atoms. The van der Waals surface area contributed by atoms with Gasteiger partial charge in [-0.15, -0.1) is 0 Å². The van der Waals surface area contributed by atoms with Crippen LogP contribution in [0.4, 0.5) is 0 Å². The zero-order valence-corrected chi connectivity index (χ0v) is 20.8. The predicted molar refractivity (Wildman–Crippen MR) is 139 cm³/mol. The Kier molecular flexibility index (Phi) is 5.33. The molecular weight excluding hydrogens is 458 g/mol. The second kappa shape index (κ2) is 8.02. The molecule has 5 rings (SSSR count). The van der Waals surface area contributed by atoms with Gasteiger partial charge in [0.1, 0.15) is 0 Å². The number of fused-ring (bicyclic) bond motifs is 1. The first kappa shape index (κ1) is 23.2. The van der Waals surface area contributed by atoms with Crippen molar-refractivity contribution in [2.45, 2.75) is 36.9 Å². The van der Waals surface area contributed by atoms with E-state index >= 15 is 0 Å². The molecule has 0 saturated heterocycles. The quantitative estimate of drug-likeness (QED) is 0.364. The molecule has 3 aromatic carbocycles. The summed E-state index contributed by atoms with van der Waals surface area (Å²) in [5, 5.41) is 10.5. The minimum Gasteiger partial charge on any atom is -0.481 e. The number of aliphatic carboxylic acids is 1. The number of carboxylic acid groups (broad SMARTS) is 1. The highest BCUT2D eigenvalue weighted by molar-refractivity contribution is 7.91. The van der Waals surface area contributed by atoms with Crippen molar-refractivity contribution < 1.29 is 18.3 Å². The smallest absolute Gasteiger partial charge is 0.314 e. The Bertz CT molecular complexity index is 1570. The summed E-state index contributed by atoms with van der Waals surface area (Å²) >= 11 is 0. The summed E-state index contributed by atoms with van der Waals surface area (Å²) in [7, 11) is -3.35. The number of carboxylic acids is 1. The molecule has 0 atom stereocenters. The summed E-state index contributed by atoms with van der Waals surface area (Å²) in [5.74, 6) is -0.761. The maximum atomic E-state index is 12.6. The number of aromatic nitrogens is 1. The molecule has 5 nitrogen and oxygen atoms in total. The third kappa shape index (κ3) is 3.92. The Morgan fingerprint density at radius 1 is 0.914 bits per heavy atom. The number of pyridine rings is 1. The van der Waals surface area contributed by atoms with Gasteiger partial charge < -0.3 is 5.11 Å². The van der Waals surface area contributed by atoms with Crippen molar-refractivity contribution in [1.82, 2.24) is 4.98 Å². The fourth-order valence-electron chi connectivity index (χ4n) is 4.57. The van der Waals surface area contributed by atoms with Crippen molar-refractivity contribution in [2.24, 2.45) is 0 Å². The zero-order chi connectivity index (χ0) is 25.0. The Morgan fingerprint density at radius 3 is 2.23 bits per heavy atom. The maximum absolute atomic E-state index is 12.6. The van der Waals surface area contributed by atoms with Crippen LogP contribution < -0.4 is 0 Å². The van der Waals surface area contributed by atoms with Crippen LogP contribution in [-0.2, 0) is 24.8 Å². The molecule has 6 heteroatoms. The van der Waals surface area contributed by atoms with Gasteiger partial charge in [-0.25, -0.2) is 8.42 Å². The summed E-state index contributed by atoms with van der Waals surface area (Å²) in [5.41, 5.74) is 5.43. The molecule has 1 N–H and O–H groups in total. The van der Waals surface area contributed by atoms with Crippen LogP contribution in [0.1, 0.15) is 37.8 Å². The lowest BCUT2D eigenvalue weighted by Crippen LogP contribution is -2.28. The lowest BCUT2D eigenvalue weighted by Gasteiger charge is -2.24. The molecule has 1 fully saturated rings. The van der Waals surface area contributed by atoms with Crippen LogP contribution in [0.15, 0.2) is 79.0 Å². The topological polar surface area (TPSA) is 84.3 Å². The van der Waals surface area contributed by atoms with Gasteiger partial charge in [-0.3, -0.25) is 9.78 Å². The van der Waals surface area contributed by atoms with E-state index in [1.165, 1.54) is 6.26 Å². The number of rotatable bonds is 6. The molecule has 1 aromatic heterocycles. The van der Waals surface area contributed by atoms with E-state index in [0.717, 1.165) is 38.7 Å².